The summed E-state index contributed by atoms with van der Waals surface area (Å²) in [6.45, 7) is 3.69. The molecule has 1 aliphatic rings. The number of carbonyl (C=O) groups is 1. The monoisotopic (exact) mass is 216 g/mol. The van der Waals surface area contributed by atoms with Crippen molar-refractivity contribution >= 4 is 5.78 Å². The van der Waals surface area contributed by atoms with Crippen LogP contribution in [-0.4, -0.2) is 5.78 Å². The predicted octanol–water partition coefficient (Wildman–Crippen LogP) is 4.25. The smallest absolute Gasteiger partial charge is 0.160 e. The SMILES string of the molecule is CC(=O)c1ccc(C2CCCCC2)cc1C. The van der Waals surface area contributed by atoms with Gasteiger partial charge in [0.05, 0.1) is 0 Å². The fourth-order valence-electron chi connectivity index (χ4n) is 2.77. The van der Waals surface area contributed by atoms with Crippen molar-refractivity contribution in [3.05, 3.63) is 34.9 Å². The van der Waals surface area contributed by atoms with Crippen LogP contribution in [0.5, 0.6) is 0 Å². The van der Waals surface area contributed by atoms with Crippen LogP contribution in [0, 0.1) is 6.92 Å². The zero-order valence-corrected chi connectivity index (χ0v) is 10.3. The van der Waals surface area contributed by atoms with Crippen LogP contribution in [0.25, 0.3) is 0 Å². The molecule has 1 saturated carbocycles. The normalized spacial score (nSPS) is 17.4. The van der Waals surface area contributed by atoms with E-state index in [4.69, 9.17) is 0 Å². The first kappa shape index (κ1) is 11.4. The van der Waals surface area contributed by atoms with Gasteiger partial charge >= 0.3 is 0 Å². The van der Waals surface area contributed by atoms with Gasteiger partial charge in [0, 0.05) is 5.56 Å². The van der Waals surface area contributed by atoms with Crippen LogP contribution in [0.1, 0.15) is 66.4 Å². The summed E-state index contributed by atoms with van der Waals surface area (Å²) in [5.41, 5.74) is 3.44. The van der Waals surface area contributed by atoms with Gasteiger partial charge in [-0.25, -0.2) is 0 Å². The highest BCUT2D eigenvalue weighted by molar-refractivity contribution is 5.95. The van der Waals surface area contributed by atoms with E-state index in [9.17, 15) is 4.79 Å². The van der Waals surface area contributed by atoms with E-state index in [1.807, 2.05) is 13.0 Å². The highest BCUT2D eigenvalue weighted by atomic mass is 16.1. The molecule has 1 aromatic rings. The highest BCUT2D eigenvalue weighted by Crippen LogP contribution is 2.33. The zero-order valence-electron chi connectivity index (χ0n) is 10.3. The molecule has 16 heavy (non-hydrogen) atoms. The van der Waals surface area contributed by atoms with Crippen LogP contribution in [0.4, 0.5) is 0 Å². The minimum atomic E-state index is 0.174. The van der Waals surface area contributed by atoms with Crippen molar-refractivity contribution in [1.82, 2.24) is 0 Å². The minimum Gasteiger partial charge on any atom is -0.295 e. The molecule has 1 heteroatoms. The third-order valence-electron chi connectivity index (χ3n) is 3.71. The topological polar surface area (TPSA) is 17.1 Å². The Morgan fingerprint density at radius 1 is 1.19 bits per heavy atom. The average Bonchev–Trinajstić information content (AvgIpc) is 2.29. The predicted molar refractivity (Wildman–Crippen MR) is 67.0 cm³/mol. The number of ketones is 1. The summed E-state index contributed by atoms with van der Waals surface area (Å²) >= 11 is 0. The summed E-state index contributed by atoms with van der Waals surface area (Å²) in [5, 5.41) is 0. The second-order valence-electron chi connectivity index (χ2n) is 4.97. The van der Waals surface area contributed by atoms with E-state index in [1.54, 1.807) is 6.92 Å². The van der Waals surface area contributed by atoms with Crippen molar-refractivity contribution in [2.45, 2.75) is 51.9 Å². The largest absolute Gasteiger partial charge is 0.295 e. The number of Topliss-reactive ketones (excluding diaryl/α,β-unsaturated/α-hetero) is 1. The third kappa shape index (κ3) is 2.34. The van der Waals surface area contributed by atoms with E-state index in [0.717, 1.165) is 17.0 Å². The van der Waals surface area contributed by atoms with Crippen molar-refractivity contribution in [1.29, 1.82) is 0 Å². The van der Waals surface area contributed by atoms with E-state index in [1.165, 1.54) is 37.7 Å². The summed E-state index contributed by atoms with van der Waals surface area (Å²) in [6.07, 6.45) is 6.75. The molecule has 1 nitrogen and oxygen atoms in total. The van der Waals surface area contributed by atoms with Gasteiger partial charge in [-0.1, -0.05) is 37.5 Å². The van der Waals surface area contributed by atoms with Crippen LogP contribution in [0.15, 0.2) is 18.2 Å². The maximum atomic E-state index is 11.4. The van der Waals surface area contributed by atoms with E-state index >= 15 is 0 Å². The molecule has 86 valence electrons. The molecule has 0 bridgehead atoms. The molecule has 0 spiro atoms. The van der Waals surface area contributed by atoms with Gasteiger partial charge in [0.15, 0.2) is 5.78 Å². The van der Waals surface area contributed by atoms with Crippen molar-refractivity contribution in [3.63, 3.8) is 0 Å². The van der Waals surface area contributed by atoms with Crippen molar-refractivity contribution in [2.24, 2.45) is 0 Å². The summed E-state index contributed by atoms with van der Waals surface area (Å²) in [5.74, 6) is 0.904. The summed E-state index contributed by atoms with van der Waals surface area (Å²) in [7, 11) is 0. The molecular formula is C15H20O. The Hall–Kier alpha value is -1.11. The Kier molecular flexibility index (Phi) is 3.42. The van der Waals surface area contributed by atoms with E-state index < -0.39 is 0 Å². The first-order valence-corrected chi connectivity index (χ1v) is 6.30. The summed E-state index contributed by atoms with van der Waals surface area (Å²) in [6, 6.07) is 6.37. The van der Waals surface area contributed by atoms with Gasteiger partial charge in [0.2, 0.25) is 0 Å². The Labute approximate surface area is 97.9 Å². The number of aryl methyl sites for hydroxylation is 1. The fraction of sp³-hybridized carbons (Fsp3) is 0.533. The van der Waals surface area contributed by atoms with Gasteiger partial charge in [0.25, 0.3) is 0 Å². The quantitative estimate of drug-likeness (QED) is 0.675. The molecular weight excluding hydrogens is 196 g/mol. The Balaban J connectivity index is 2.23. The van der Waals surface area contributed by atoms with Crippen LogP contribution >= 0.6 is 0 Å². The Morgan fingerprint density at radius 3 is 2.44 bits per heavy atom. The van der Waals surface area contributed by atoms with Gasteiger partial charge in [-0.3, -0.25) is 4.79 Å². The maximum absolute atomic E-state index is 11.4. The molecule has 1 fully saturated rings. The molecule has 0 atom stereocenters. The van der Waals surface area contributed by atoms with Gasteiger partial charge in [-0.2, -0.15) is 0 Å². The van der Waals surface area contributed by atoms with Crippen molar-refractivity contribution in [3.8, 4) is 0 Å². The number of benzene rings is 1. The number of hydrogen-bond acceptors (Lipinski definition) is 1. The van der Waals surface area contributed by atoms with Crippen molar-refractivity contribution in [2.75, 3.05) is 0 Å². The maximum Gasteiger partial charge on any atom is 0.160 e. The molecule has 0 radical (unpaired) electrons. The van der Waals surface area contributed by atoms with Gasteiger partial charge in [0.1, 0.15) is 0 Å². The molecule has 1 aliphatic carbocycles. The number of rotatable bonds is 2. The number of carbonyl (C=O) groups excluding carboxylic acids is 1. The van der Waals surface area contributed by atoms with E-state index in [2.05, 4.69) is 12.1 Å². The van der Waals surface area contributed by atoms with Crippen LogP contribution < -0.4 is 0 Å². The number of hydrogen-bond donors (Lipinski definition) is 0. The third-order valence-corrected chi connectivity index (χ3v) is 3.71. The standard InChI is InChI=1S/C15H20O/c1-11-10-14(8-9-15(11)12(2)16)13-6-4-3-5-7-13/h8-10,13H,3-7H2,1-2H3. The van der Waals surface area contributed by atoms with Crippen LogP contribution in [0.3, 0.4) is 0 Å². The molecule has 2 rings (SSSR count). The Bertz CT molecular complexity index is 386. The zero-order chi connectivity index (χ0) is 11.5. The second-order valence-corrected chi connectivity index (χ2v) is 4.97. The summed E-state index contributed by atoms with van der Waals surface area (Å²) in [4.78, 5) is 11.4. The Morgan fingerprint density at radius 2 is 1.88 bits per heavy atom. The van der Waals surface area contributed by atoms with Gasteiger partial charge in [-0.05, 0) is 43.7 Å². The fourth-order valence-corrected chi connectivity index (χ4v) is 2.77. The lowest BCUT2D eigenvalue weighted by molar-refractivity contribution is 0.101. The van der Waals surface area contributed by atoms with Crippen LogP contribution in [0.2, 0.25) is 0 Å². The van der Waals surface area contributed by atoms with Gasteiger partial charge < -0.3 is 0 Å². The second kappa shape index (κ2) is 4.82. The molecule has 0 aliphatic heterocycles. The first-order chi connectivity index (χ1) is 7.68. The van der Waals surface area contributed by atoms with E-state index in [-0.39, 0.29) is 5.78 Å². The molecule has 1 aromatic carbocycles. The lowest BCUT2D eigenvalue weighted by Crippen LogP contribution is -2.06. The molecule has 0 amide bonds. The molecule has 0 aromatic heterocycles. The lowest BCUT2D eigenvalue weighted by Gasteiger charge is -2.22. The minimum absolute atomic E-state index is 0.174. The summed E-state index contributed by atoms with van der Waals surface area (Å²) < 4.78 is 0. The van der Waals surface area contributed by atoms with Crippen molar-refractivity contribution < 1.29 is 4.79 Å². The first-order valence-electron chi connectivity index (χ1n) is 6.30. The molecule has 0 N–H and O–H groups in total. The average molecular weight is 216 g/mol. The molecule has 0 heterocycles. The molecule has 0 saturated heterocycles. The lowest BCUT2D eigenvalue weighted by atomic mass is 9.83. The molecule has 0 unspecified atom stereocenters. The van der Waals surface area contributed by atoms with Gasteiger partial charge in [-0.15, -0.1) is 0 Å². The highest BCUT2D eigenvalue weighted by Gasteiger charge is 2.16. The van der Waals surface area contributed by atoms with E-state index in [0.29, 0.717) is 0 Å². The van der Waals surface area contributed by atoms with Crippen LogP contribution in [-0.2, 0) is 0 Å².